The number of hydrogen-bond acceptors (Lipinski definition) is 4. The van der Waals surface area contributed by atoms with E-state index >= 15 is 0 Å². The number of carbonyl (C=O) groups excluding carboxylic acids is 1. The van der Waals surface area contributed by atoms with E-state index in [0.717, 1.165) is 36.3 Å². The molecule has 0 fully saturated rings. The molecule has 1 aromatic heterocycles. The number of aryl methyl sites for hydroxylation is 2. The molecule has 1 atom stereocenters. The fraction of sp³-hybridized carbons (Fsp3) is 0.522. The van der Waals surface area contributed by atoms with Gasteiger partial charge in [-0.25, -0.2) is 4.99 Å². The molecule has 0 saturated heterocycles. The number of nitrogens with one attached hydrogen (secondary N) is 2. The number of benzene rings is 1. The maximum Gasteiger partial charge on any atom is 0.241 e. The third-order valence-corrected chi connectivity index (χ3v) is 5.60. The van der Waals surface area contributed by atoms with E-state index < -0.39 is 0 Å². The summed E-state index contributed by atoms with van der Waals surface area (Å²) in [5.74, 6) is 1.50. The Morgan fingerprint density at radius 2 is 2.06 bits per heavy atom. The fourth-order valence-electron chi connectivity index (χ4n) is 3.86. The number of para-hydroxylation sites is 1. The summed E-state index contributed by atoms with van der Waals surface area (Å²) < 4.78 is 7.74. The first kappa shape index (κ1) is 22.7. The number of nitrogens with zero attached hydrogens (tertiary/aromatic N) is 4. The summed E-state index contributed by atoms with van der Waals surface area (Å²) in [6, 6.07) is 8.11. The SMILES string of the molecule is CCc1nn(C)c(CC)c1CN=C(NCC(=O)N(C)C)NC1CCOc2ccccc21. The van der Waals surface area contributed by atoms with Crippen LogP contribution in [-0.2, 0) is 31.2 Å². The highest BCUT2D eigenvalue weighted by Gasteiger charge is 2.22. The second kappa shape index (κ2) is 10.3. The van der Waals surface area contributed by atoms with Crippen LogP contribution >= 0.6 is 0 Å². The molecule has 2 heterocycles. The summed E-state index contributed by atoms with van der Waals surface area (Å²) >= 11 is 0. The number of amides is 1. The van der Waals surface area contributed by atoms with Crippen molar-refractivity contribution in [2.24, 2.45) is 12.0 Å². The molecule has 2 aromatic rings. The Bertz CT molecular complexity index is 934. The molecule has 0 saturated carbocycles. The predicted octanol–water partition coefficient (Wildman–Crippen LogP) is 2.19. The Balaban J connectivity index is 1.84. The van der Waals surface area contributed by atoms with E-state index in [1.165, 1.54) is 11.3 Å². The van der Waals surface area contributed by atoms with Gasteiger partial charge in [-0.3, -0.25) is 9.48 Å². The molecule has 8 nitrogen and oxygen atoms in total. The molecule has 2 N–H and O–H groups in total. The van der Waals surface area contributed by atoms with Gasteiger partial charge in [0, 0.05) is 44.4 Å². The van der Waals surface area contributed by atoms with Crippen LogP contribution in [0.25, 0.3) is 0 Å². The minimum absolute atomic E-state index is 0.00764. The van der Waals surface area contributed by atoms with Crippen LogP contribution in [0.1, 0.15) is 48.8 Å². The smallest absolute Gasteiger partial charge is 0.241 e. The first-order valence-corrected chi connectivity index (χ1v) is 10.9. The molecule has 1 aromatic carbocycles. The number of ether oxygens (including phenoxy) is 1. The molecule has 1 aliphatic rings. The number of hydrogen-bond donors (Lipinski definition) is 2. The summed E-state index contributed by atoms with van der Waals surface area (Å²) in [7, 11) is 5.48. The van der Waals surface area contributed by atoms with E-state index in [-0.39, 0.29) is 18.5 Å². The quantitative estimate of drug-likeness (QED) is 0.524. The van der Waals surface area contributed by atoms with Gasteiger partial charge in [0.2, 0.25) is 5.91 Å². The third-order valence-electron chi connectivity index (χ3n) is 5.60. The summed E-state index contributed by atoms with van der Waals surface area (Å²) in [6.07, 6.45) is 2.59. The lowest BCUT2D eigenvalue weighted by Crippen LogP contribution is -2.45. The van der Waals surface area contributed by atoms with Gasteiger partial charge in [-0.05, 0) is 18.9 Å². The van der Waals surface area contributed by atoms with Crippen molar-refractivity contribution in [2.45, 2.75) is 45.7 Å². The maximum atomic E-state index is 12.2. The van der Waals surface area contributed by atoms with Gasteiger partial charge < -0.3 is 20.3 Å². The highest BCUT2D eigenvalue weighted by atomic mass is 16.5. The van der Waals surface area contributed by atoms with Gasteiger partial charge in [0.15, 0.2) is 5.96 Å². The van der Waals surface area contributed by atoms with Gasteiger partial charge >= 0.3 is 0 Å². The molecule has 1 aliphatic heterocycles. The zero-order valence-electron chi connectivity index (χ0n) is 19.2. The molecule has 168 valence electrons. The van der Waals surface area contributed by atoms with Crippen molar-refractivity contribution >= 4 is 11.9 Å². The number of aliphatic imine (C=N–C) groups is 1. The van der Waals surface area contributed by atoms with Crippen LogP contribution in [-0.4, -0.2) is 53.8 Å². The number of aromatic nitrogens is 2. The molecule has 0 spiro atoms. The molecule has 0 radical (unpaired) electrons. The molecule has 8 heteroatoms. The van der Waals surface area contributed by atoms with E-state index in [9.17, 15) is 4.79 Å². The molecule has 0 aliphatic carbocycles. The fourth-order valence-corrected chi connectivity index (χ4v) is 3.86. The number of likely N-dealkylation sites (N-methyl/N-ethyl adjacent to an activating group) is 1. The van der Waals surface area contributed by atoms with E-state index in [4.69, 9.17) is 9.73 Å². The van der Waals surface area contributed by atoms with Crippen molar-refractivity contribution in [3.63, 3.8) is 0 Å². The van der Waals surface area contributed by atoms with Crippen LogP contribution in [0, 0.1) is 0 Å². The van der Waals surface area contributed by atoms with Gasteiger partial charge in [-0.1, -0.05) is 32.0 Å². The number of carbonyl (C=O) groups is 1. The minimum Gasteiger partial charge on any atom is -0.493 e. The van der Waals surface area contributed by atoms with Crippen molar-refractivity contribution < 1.29 is 9.53 Å². The van der Waals surface area contributed by atoms with Crippen LogP contribution in [0.4, 0.5) is 0 Å². The minimum atomic E-state index is -0.00764. The first-order valence-electron chi connectivity index (χ1n) is 10.9. The van der Waals surface area contributed by atoms with E-state index in [0.29, 0.717) is 19.1 Å². The van der Waals surface area contributed by atoms with Crippen molar-refractivity contribution in [3.8, 4) is 5.75 Å². The van der Waals surface area contributed by atoms with Gasteiger partial charge in [-0.2, -0.15) is 5.10 Å². The summed E-state index contributed by atoms with van der Waals surface area (Å²) in [5, 5.41) is 11.4. The normalized spacial score (nSPS) is 15.8. The van der Waals surface area contributed by atoms with Crippen molar-refractivity contribution in [3.05, 3.63) is 46.8 Å². The van der Waals surface area contributed by atoms with Crippen molar-refractivity contribution in [2.75, 3.05) is 27.2 Å². The molecule has 1 amide bonds. The largest absolute Gasteiger partial charge is 0.493 e. The monoisotopic (exact) mass is 426 g/mol. The second-order valence-electron chi connectivity index (χ2n) is 7.88. The molecular weight excluding hydrogens is 392 g/mol. The number of fused-ring (bicyclic) bond motifs is 1. The van der Waals surface area contributed by atoms with Crippen molar-refractivity contribution in [1.82, 2.24) is 25.3 Å². The Labute approximate surface area is 184 Å². The lowest BCUT2D eigenvalue weighted by atomic mass is 10.0. The third kappa shape index (κ3) is 5.37. The number of guanidine groups is 1. The highest BCUT2D eigenvalue weighted by Crippen LogP contribution is 2.31. The van der Waals surface area contributed by atoms with E-state index in [1.807, 2.05) is 29.9 Å². The highest BCUT2D eigenvalue weighted by molar-refractivity contribution is 5.86. The summed E-state index contributed by atoms with van der Waals surface area (Å²) in [4.78, 5) is 18.6. The molecule has 3 rings (SSSR count). The average Bonchev–Trinajstić information content (AvgIpc) is 3.09. The molecule has 0 bridgehead atoms. The van der Waals surface area contributed by atoms with Gasteiger partial charge in [-0.15, -0.1) is 0 Å². The van der Waals surface area contributed by atoms with Crippen LogP contribution < -0.4 is 15.4 Å². The van der Waals surface area contributed by atoms with Crippen LogP contribution in [0.15, 0.2) is 29.3 Å². The van der Waals surface area contributed by atoms with Crippen molar-refractivity contribution in [1.29, 1.82) is 0 Å². The standard InChI is InChI=1S/C23H34N6O2/c1-6-18-17(20(7-2)29(5)27-18)14-24-23(25-15-22(30)28(3)4)26-19-12-13-31-21-11-9-8-10-16(19)21/h8-11,19H,6-7,12-15H2,1-5H3,(H2,24,25,26). The zero-order valence-corrected chi connectivity index (χ0v) is 19.2. The topological polar surface area (TPSA) is 83.8 Å². The Morgan fingerprint density at radius 3 is 2.77 bits per heavy atom. The molecule has 1 unspecified atom stereocenters. The average molecular weight is 427 g/mol. The van der Waals surface area contributed by atoms with Gasteiger partial charge in [0.1, 0.15) is 5.75 Å². The van der Waals surface area contributed by atoms with Gasteiger partial charge in [0.25, 0.3) is 0 Å². The summed E-state index contributed by atoms with van der Waals surface area (Å²) in [6.45, 7) is 5.58. The van der Waals surface area contributed by atoms with E-state index in [2.05, 4.69) is 35.6 Å². The maximum absolute atomic E-state index is 12.2. The second-order valence-corrected chi connectivity index (χ2v) is 7.88. The summed E-state index contributed by atoms with van der Waals surface area (Å²) in [5.41, 5.74) is 4.54. The predicted molar refractivity (Wildman–Crippen MR) is 122 cm³/mol. The molecule has 31 heavy (non-hydrogen) atoms. The Hall–Kier alpha value is -3.03. The first-order chi connectivity index (χ1) is 14.9. The van der Waals surface area contributed by atoms with Gasteiger partial charge in [0.05, 0.1) is 31.4 Å². The van der Waals surface area contributed by atoms with Crippen LogP contribution in [0.2, 0.25) is 0 Å². The lowest BCUT2D eigenvalue weighted by Gasteiger charge is -2.28. The Morgan fingerprint density at radius 1 is 1.29 bits per heavy atom. The number of rotatable bonds is 7. The Kier molecular flexibility index (Phi) is 7.55. The zero-order chi connectivity index (χ0) is 22.4. The molecular formula is C23H34N6O2. The van der Waals surface area contributed by atoms with Crippen LogP contribution in [0.3, 0.4) is 0 Å². The van der Waals surface area contributed by atoms with E-state index in [1.54, 1.807) is 19.0 Å². The lowest BCUT2D eigenvalue weighted by molar-refractivity contribution is -0.127. The van der Waals surface area contributed by atoms with Crippen LogP contribution in [0.5, 0.6) is 5.75 Å².